The van der Waals surface area contributed by atoms with Gasteiger partial charge in [-0.25, -0.2) is 0 Å². The van der Waals surface area contributed by atoms with Crippen molar-refractivity contribution in [3.63, 3.8) is 0 Å². The molecule has 0 spiro atoms. The smallest absolute Gasteiger partial charge is 0.138 e. The van der Waals surface area contributed by atoms with Gasteiger partial charge in [0.25, 0.3) is 0 Å². The highest BCUT2D eigenvalue weighted by molar-refractivity contribution is 6.32. The fraction of sp³-hybridized carbons (Fsp3) is 0.188. The quantitative estimate of drug-likeness (QED) is 0.917. The van der Waals surface area contributed by atoms with Gasteiger partial charge < -0.3 is 10.5 Å². The molecule has 0 bridgehead atoms. The van der Waals surface area contributed by atoms with Crippen molar-refractivity contribution in [2.24, 2.45) is 5.73 Å². The second kappa shape index (κ2) is 6.95. The average Bonchev–Trinajstić information content (AvgIpc) is 2.47. The van der Waals surface area contributed by atoms with Crippen LogP contribution in [0.1, 0.15) is 16.7 Å². The number of nitriles is 1. The molecule has 0 radical (unpaired) electrons. The maximum Gasteiger partial charge on any atom is 0.138 e. The Morgan fingerprint density at radius 2 is 2.00 bits per heavy atom. The molecule has 2 rings (SSSR count). The molecule has 0 atom stereocenters. The summed E-state index contributed by atoms with van der Waals surface area (Å²) in [6.45, 7) is 0.975. The summed E-state index contributed by atoms with van der Waals surface area (Å²) >= 11 is 6.17. The lowest BCUT2D eigenvalue weighted by atomic mass is 10.1. The summed E-state index contributed by atoms with van der Waals surface area (Å²) in [5.41, 5.74) is 8.16. The van der Waals surface area contributed by atoms with E-state index in [1.54, 1.807) is 12.1 Å². The average molecular weight is 287 g/mol. The molecule has 3 nitrogen and oxygen atoms in total. The topological polar surface area (TPSA) is 59.0 Å². The van der Waals surface area contributed by atoms with Gasteiger partial charge in [0.15, 0.2) is 0 Å². The summed E-state index contributed by atoms with van der Waals surface area (Å²) in [5.74, 6) is 0.634. The Morgan fingerprint density at radius 3 is 2.70 bits per heavy atom. The summed E-state index contributed by atoms with van der Waals surface area (Å²) in [7, 11) is 0. The third-order valence-electron chi connectivity index (χ3n) is 2.88. The molecule has 4 heteroatoms. The van der Waals surface area contributed by atoms with Gasteiger partial charge in [0.1, 0.15) is 12.4 Å². The standard InChI is InChI=1S/C16H15ClN2O/c17-15-9-12(6-7-18)4-5-16(15)20-11-14-3-1-2-13(8-14)10-19/h1-5,8-9H,6-7,11,18H2. The van der Waals surface area contributed by atoms with Crippen molar-refractivity contribution in [3.05, 3.63) is 64.2 Å². The molecule has 0 saturated heterocycles. The molecule has 0 fully saturated rings. The van der Waals surface area contributed by atoms with E-state index in [-0.39, 0.29) is 0 Å². The van der Waals surface area contributed by atoms with Crippen LogP contribution >= 0.6 is 11.6 Å². The maximum absolute atomic E-state index is 8.85. The molecule has 2 aromatic rings. The number of hydrogen-bond acceptors (Lipinski definition) is 3. The van der Waals surface area contributed by atoms with Gasteiger partial charge in [-0.2, -0.15) is 5.26 Å². The van der Waals surface area contributed by atoms with E-state index < -0.39 is 0 Å². The summed E-state index contributed by atoms with van der Waals surface area (Å²) < 4.78 is 5.68. The second-order valence-corrected chi connectivity index (χ2v) is 4.81. The van der Waals surface area contributed by atoms with E-state index in [0.29, 0.717) is 29.5 Å². The normalized spacial score (nSPS) is 10.1. The predicted octanol–water partition coefficient (Wildman–Crippen LogP) is 3.29. The lowest BCUT2D eigenvalue weighted by Gasteiger charge is -2.09. The summed E-state index contributed by atoms with van der Waals surface area (Å²) in [5, 5.41) is 9.43. The van der Waals surface area contributed by atoms with Crippen LogP contribution in [0.3, 0.4) is 0 Å². The van der Waals surface area contributed by atoms with Crippen molar-refractivity contribution < 1.29 is 4.74 Å². The number of nitrogens with two attached hydrogens (primary N) is 1. The lowest BCUT2D eigenvalue weighted by molar-refractivity contribution is 0.306. The fourth-order valence-corrected chi connectivity index (χ4v) is 2.13. The minimum atomic E-state index is 0.380. The first-order valence-corrected chi connectivity index (χ1v) is 6.71. The molecule has 0 aliphatic rings. The third kappa shape index (κ3) is 3.74. The summed E-state index contributed by atoms with van der Waals surface area (Å²) in [6.07, 6.45) is 0.796. The molecule has 20 heavy (non-hydrogen) atoms. The van der Waals surface area contributed by atoms with Gasteiger partial charge in [-0.05, 0) is 48.4 Å². The summed E-state index contributed by atoms with van der Waals surface area (Å²) in [6, 6.07) is 15.1. The molecule has 0 amide bonds. The fourth-order valence-electron chi connectivity index (χ4n) is 1.88. The number of rotatable bonds is 5. The van der Waals surface area contributed by atoms with Crippen molar-refractivity contribution >= 4 is 11.6 Å². The monoisotopic (exact) mass is 286 g/mol. The number of ether oxygens (including phenoxy) is 1. The highest BCUT2D eigenvalue weighted by Crippen LogP contribution is 2.26. The van der Waals surface area contributed by atoms with Crippen LogP contribution in [0.2, 0.25) is 5.02 Å². The van der Waals surface area contributed by atoms with Crippen LogP contribution in [-0.2, 0) is 13.0 Å². The molecule has 0 aliphatic carbocycles. The molecular formula is C16H15ClN2O. The SMILES string of the molecule is N#Cc1cccc(COc2ccc(CCN)cc2Cl)c1. The molecule has 0 heterocycles. The van der Waals surface area contributed by atoms with E-state index in [9.17, 15) is 0 Å². The molecule has 0 aromatic heterocycles. The molecule has 0 saturated carbocycles. The van der Waals surface area contributed by atoms with Gasteiger partial charge >= 0.3 is 0 Å². The lowest BCUT2D eigenvalue weighted by Crippen LogP contribution is -2.03. The Hall–Kier alpha value is -2.02. The van der Waals surface area contributed by atoms with Crippen LogP contribution < -0.4 is 10.5 Å². The molecule has 0 aliphatic heterocycles. The van der Waals surface area contributed by atoms with Gasteiger partial charge in [0, 0.05) is 0 Å². The zero-order chi connectivity index (χ0) is 14.4. The highest BCUT2D eigenvalue weighted by Gasteiger charge is 2.04. The summed E-state index contributed by atoms with van der Waals surface area (Å²) in [4.78, 5) is 0. The molecule has 2 aromatic carbocycles. The Morgan fingerprint density at radius 1 is 1.15 bits per heavy atom. The van der Waals surface area contributed by atoms with Gasteiger partial charge in [-0.3, -0.25) is 0 Å². The van der Waals surface area contributed by atoms with Gasteiger partial charge in [0.2, 0.25) is 0 Å². The van der Waals surface area contributed by atoms with E-state index in [2.05, 4.69) is 6.07 Å². The Bertz CT molecular complexity index is 635. The maximum atomic E-state index is 8.85. The van der Waals surface area contributed by atoms with Crippen molar-refractivity contribution in [1.29, 1.82) is 5.26 Å². The van der Waals surface area contributed by atoms with E-state index in [1.807, 2.05) is 30.3 Å². The number of halogens is 1. The van der Waals surface area contributed by atoms with Crippen molar-refractivity contribution in [1.82, 2.24) is 0 Å². The minimum absolute atomic E-state index is 0.380. The largest absolute Gasteiger partial charge is 0.487 e. The molecule has 2 N–H and O–H groups in total. The van der Waals surface area contributed by atoms with Crippen LogP contribution in [0.5, 0.6) is 5.75 Å². The third-order valence-corrected chi connectivity index (χ3v) is 3.18. The predicted molar refractivity (Wildman–Crippen MR) is 79.7 cm³/mol. The van der Waals surface area contributed by atoms with Crippen LogP contribution in [0.25, 0.3) is 0 Å². The highest BCUT2D eigenvalue weighted by atomic mass is 35.5. The van der Waals surface area contributed by atoms with E-state index >= 15 is 0 Å². The van der Waals surface area contributed by atoms with Crippen LogP contribution in [-0.4, -0.2) is 6.54 Å². The molecule has 102 valence electrons. The first-order valence-electron chi connectivity index (χ1n) is 6.33. The minimum Gasteiger partial charge on any atom is -0.487 e. The number of hydrogen-bond donors (Lipinski definition) is 1. The van der Waals surface area contributed by atoms with Crippen molar-refractivity contribution in [3.8, 4) is 11.8 Å². The van der Waals surface area contributed by atoms with Crippen LogP contribution in [0, 0.1) is 11.3 Å². The first kappa shape index (κ1) is 14.4. The molecular weight excluding hydrogens is 272 g/mol. The van der Waals surface area contributed by atoms with Crippen LogP contribution in [0.15, 0.2) is 42.5 Å². The Labute approximate surface area is 123 Å². The Balaban J connectivity index is 2.05. The number of benzene rings is 2. The van der Waals surface area contributed by atoms with Gasteiger partial charge in [-0.1, -0.05) is 29.8 Å². The van der Waals surface area contributed by atoms with Crippen molar-refractivity contribution in [2.75, 3.05) is 6.54 Å². The van der Waals surface area contributed by atoms with Gasteiger partial charge in [0.05, 0.1) is 16.7 Å². The van der Waals surface area contributed by atoms with Crippen molar-refractivity contribution in [2.45, 2.75) is 13.0 Å². The Kier molecular flexibility index (Phi) is 5.00. The zero-order valence-corrected chi connectivity index (χ0v) is 11.7. The first-order chi connectivity index (χ1) is 9.72. The van der Waals surface area contributed by atoms with E-state index in [1.165, 1.54) is 0 Å². The number of nitrogens with zero attached hydrogens (tertiary/aromatic N) is 1. The second-order valence-electron chi connectivity index (χ2n) is 4.40. The van der Waals surface area contributed by atoms with E-state index in [4.69, 9.17) is 27.3 Å². The van der Waals surface area contributed by atoms with Gasteiger partial charge in [-0.15, -0.1) is 0 Å². The molecule has 0 unspecified atom stereocenters. The zero-order valence-electron chi connectivity index (χ0n) is 11.0. The van der Waals surface area contributed by atoms with E-state index in [0.717, 1.165) is 17.5 Å². The van der Waals surface area contributed by atoms with Crippen LogP contribution in [0.4, 0.5) is 0 Å².